The summed E-state index contributed by atoms with van der Waals surface area (Å²) in [5, 5.41) is 10.3. The molecule has 0 bridgehead atoms. The van der Waals surface area contributed by atoms with Gasteiger partial charge in [-0.3, -0.25) is 19.4 Å². The van der Waals surface area contributed by atoms with E-state index in [2.05, 4.69) is 4.98 Å². The molecule has 2 aromatic heterocycles. The average molecular weight is 726 g/mol. The van der Waals surface area contributed by atoms with Crippen molar-refractivity contribution >= 4 is 29.1 Å². The maximum atomic E-state index is 14.8. The van der Waals surface area contributed by atoms with Crippen LogP contribution in [-0.2, 0) is 28.4 Å². The molecule has 3 aromatic rings. The number of thiophene rings is 1. The van der Waals surface area contributed by atoms with Gasteiger partial charge in [0.15, 0.2) is 0 Å². The number of amides is 2. The lowest BCUT2D eigenvalue weighted by Crippen LogP contribution is -2.68. The smallest absolute Gasteiger partial charge is 0.425 e. The second-order valence-corrected chi connectivity index (χ2v) is 13.5. The fourth-order valence-electron chi connectivity index (χ4n) is 7.16. The number of nitrogens with zero attached hydrogens (tertiary/aromatic N) is 3. The first-order valence-corrected chi connectivity index (χ1v) is 17.3. The molecular formula is C35H37F6N3O5S. The zero-order valence-electron chi connectivity index (χ0n) is 27.2. The van der Waals surface area contributed by atoms with Crippen molar-refractivity contribution in [3.8, 4) is 5.75 Å². The molecule has 15 heteroatoms. The van der Waals surface area contributed by atoms with Crippen molar-refractivity contribution in [1.29, 1.82) is 0 Å². The van der Waals surface area contributed by atoms with Crippen molar-refractivity contribution in [3.05, 3.63) is 81.3 Å². The van der Waals surface area contributed by atoms with Crippen molar-refractivity contribution in [2.24, 2.45) is 0 Å². The molecule has 2 fully saturated rings. The van der Waals surface area contributed by atoms with Crippen LogP contribution in [0, 0.1) is 0 Å². The lowest BCUT2D eigenvalue weighted by molar-refractivity contribution is -0.160. The number of carboxylic acids is 1. The summed E-state index contributed by atoms with van der Waals surface area (Å²) in [6, 6.07) is 7.92. The summed E-state index contributed by atoms with van der Waals surface area (Å²) in [7, 11) is 0. The SMILES string of the molecule is CCC[C@H]1N(C(=O)c2cnccc2C(F)(F)F)CCC[C@]1(Oc1csc(C(F)(F)F)c1)C(=O)N1CCC(c2ccccc2CCC(=O)O)CC1. The van der Waals surface area contributed by atoms with Gasteiger partial charge in [0, 0.05) is 56.3 Å². The highest BCUT2D eigenvalue weighted by molar-refractivity contribution is 7.10. The molecule has 0 aliphatic carbocycles. The molecule has 2 amide bonds. The van der Waals surface area contributed by atoms with Gasteiger partial charge in [0.1, 0.15) is 10.6 Å². The molecule has 2 aliphatic heterocycles. The predicted octanol–water partition coefficient (Wildman–Crippen LogP) is 7.83. The number of carbonyl (C=O) groups is 3. The van der Waals surface area contributed by atoms with Gasteiger partial charge in [-0.25, -0.2) is 0 Å². The predicted molar refractivity (Wildman–Crippen MR) is 172 cm³/mol. The molecule has 5 rings (SSSR count). The molecule has 1 aromatic carbocycles. The Kier molecular flexibility index (Phi) is 11.1. The first-order chi connectivity index (χ1) is 23.7. The molecule has 2 aliphatic rings. The van der Waals surface area contributed by atoms with Gasteiger partial charge in [-0.15, -0.1) is 11.3 Å². The van der Waals surface area contributed by atoms with Crippen molar-refractivity contribution in [1.82, 2.24) is 14.8 Å². The van der Waals surface area contributed by atoms with Crippen LogP contribution in [0.1, 0.15) is 89.7 Å². The molecule has 270 valence electrons. The monoisotopic (exact) mass is 725 g/mol. The number of aliphatic carboxylic acids is 1. The van der Waals surface area contributed by atoms with Crippen LogP contribution in [0.15, 0.2) is 54.2 Å². The number of benzene rings is 1. The maximum Gasteiger partial charge on any atom is 0.425 e. The molecule has 0 saturated carbocycles. The van der Waals surface area contributed by atoms with Crippen LogP contribution in [0.25, 0.3) is 0 Å². The Balaban J connectivity index is 1.49. The van der Waals surface area contributed by atoms with E-state index in [1.165, 1.54) is 4.90 Å². The quantitative estimate of drug-likeness (QED) is 0.214. The Morgan fingerprint density at radius 2 is 1.76 bits per heavy atom. The van der Waals surface area contributed by atoms with Crippen molar-refractivity contribution in [2.45, 2.75) is 88.2 Å². The number of piperidine rings is 2. The van der Waals surface area contributed by atoms with Crippen LogP contribution >= 0.6 is 11.3 Å². The van der Waals surface area contributed by atoms with Crippen LogP contribution in [0.3, 0.4) is 0 Å². The van der Waals surface area contributed by atoms with Crippen LogP contribution < -0.4 is 4.74 Å². The second-order valence-electron chi connectivity index (χ2n) is 12.6. The highest BCUT2D eigenvalue weighted by Gasteiger charge is 2.56. The van der Waals surface area contributed by atoms with Gasteiger partial charge in [-0.2, -0.15) is 26.3 Å². The van der Waals surface area contributed by atoms with E-state index in [0.29, 0.717) is 43.1 Å². The van der Waals surface area contributed by atoms with Crippen molar-refractivity contribution in [3.63, 3.8) is 0 Å². The standard InChI is InChI=1S/C35H37F6N3O5S/c1-2-6-28-33(49-24-19-29(50-21-24)35(39,40)41,14-5-16-44(28)31(47)26-20-42-15-11-27(26)34(36,37)38)32(48)43-17-12-23(13-18-43)25-8-4-3-7-22(25)9-10-30(45)46/h3-4,7-8,11,15,19-21,23,28H,2,5-6,9-10,12-14,16-18H2,1H3,(H,45,46)/t28-,33-/m1/s1. The summed E-state index contributed by atoms with van der Waals surface area (Å²) in [5.74, 6) is -2.67. The Bertz CT molecular complexity index is 1690. The van der Waals surface area contributed by atoms with E-state index < -0.39 is 57.8 Å². The zero-order chi connectivity index (χ0) is 36.3. The number of halogens is 6. The van der Waals surface area contributed by atoms with E-state index in [1.807, 2.05) is 24.3 Å². The van der Waals surface area contributed by atoms with Gasteiger partial charge in [-0.1, -0.05) is 37.6 Å². The van der Waals surface area contributed by atoms with E-state index in [1.54, 1.807) is 11.8 Å². The minimum absolute atomic E-state index is 0.000715. The number of likely N-dealkylation sites (tertiary alicyclic amines) is 2. The third-order valence-electron chi connectivity index (χ3n) is 9.44. The molecule has 0 unspecified atom stereocenters. The zero-order valence-corrected chi connectivity index (χ0v) is 28.0. The Morgan fingerprint density at radius 3 is 2.40 bits per heavy atom. The van der Waals surface area contributed by atoms with Gasteiger partial charge in [0.25, 0.3) is 11.8 Å². The first-order valence-electron chi connectivity index (χ1n) is 16.4. The summed E-state index contributed by atoms with van der Waals surface area (Å²) in [6.45, 7) is 2.26. The molecule has 50 heavy (non-hydrogen) atoms. The number of pyridine rings is 1. The van der Waals surface area contributed by atoms with E-state index >= 15 is 0 Å². The Hall–Kier alpha value is -4.14. The van der Waals surface area contributed by atoms with Crippen LogP contribution in [0.4, 0.5) is 26.3 Å². The third kappa shape index (κ3) is 7.92. The number of alkyl halides is 6. The number of hydrogen-bond acceptors (Lipinski definition) is 6. The topological polar surface area (TPSA) is 100 Å². The molecule has 4 heterocycles. The minimum atomic E-state index is -4.87. The molecule has 2 saturated heterocycles. The number of carboxylic acid groups (broad SMARTS) is 1. The Labute approximate surface area is 289 Å². The normalized spacial score (nSPS) is 20.5. The summed E-state index contributed by atoms with van der Waals surface area (Å²) in [5.41, 5.74) is -1.88. The lowest BCUT2D eigenvalue weighted by atomic mass is 9.78. The second kappa shape index (κ2) is 15.0. The number of aryl methyl sites for hydroxylation is 1. The number of ether oxygens (including phenoxy) is 1. The average Bonchev–Trinajstić information content (AvgIpc) is 3.56. The number of rotatable bonds is 10. The van der Waals surface area contributed by atoms with Crippen LogP contribution in [0.5, 0.6) is 5.75 Å². The highest BCUT2D eigenvalue weighted by atomic mass is 32.1. The largest absolute Gasteiger partial charge is 0.481 e. The van der Waals surface area contributed by atoms with E-state index in [-0.39, 0.29) is 57.0 Å². The Morgan fingerprint density at radius 1 is 1.04 bits per heavy atom. The summed E-state index contributed by atoms with van der Waals surface area (Å²) >= 11 is 0.394. The fraction of sp³-hybridized carbons (Fsp3) is 0.486. The van der Waals surface area contributed by atoms with Crippen molar-refractivity contribution in [2.75, 3.05) is 19.6 Å². The van der Waals surface area contributed by atoms with Gasteiger partial charge < -0.3 is 19.6 Å². The van der Waals surface area contributed by atoms with Gasteiger partial charge in [0.2, 0.25) is 5.60 Å². The van der Waals surface area contributed by atoms with Gasteiger partial charge >= 0.3 is 18.3 Å². The molecule has 0 spiro atoms. The number of carbonyl (C=O) groups excluding carboxylic acids is 2. The summed E-state index contributed by atoms with van der Waals surface area (Å²) < 4.78 is 89.1. The third-order valence-corrected chi connectivity index (χ3v) is 10.4. The lowest BCUT2D eigenvalue weighted by Gasteiger charge is -2.50. The van der Waals surface area contributed by atoms with Crippen LogP contribution in [-0.4, -0.2) is 69.0 Å². The summed E-state index contributed by atoms with van der Waals surface area (Å²) in [6.07, 6.45) is -5.77. The van der Waals surface area contributed by atoms with Crippen LogP contribution in [0.2, 0.25) is 0 Å². The highest BCUT2D eigenvalue weighted by Crippen LogP contribution is 2.43. The summed E-state index contributed by atoms with van der Waals surface area (Å²) in [4.78, 5) is 45.5. The molecular weight excluding hydrogens is 688 g/mol. The van der Waals surface area contributed by atoms with Gasteiger partial charge in [-0.05, 0) is 55.2 Å². The minimum Gasteiger partial charge on any atom is -0.481 e. The number of aromatic nitrogens is 1. The molecule has 0 radical (unpaired) electrons. The van der Waals surface area contributed by atoms with E-state index in [4.69, 9.17) is 4.74 Å². The van der Waals surface area contributed by atoms with Crippen molar-refractivity contribution < 1.29 is 50.6 Å². The number of hydrogen-bond donors (Lipinski definition) is 1. The molecule has 2 atom stereocenters. The maximum absolute atomic E-state index is 14.8. The molecule has 8 nitrogen and oxygen atoms in total. The van der Waals surface area contributed by atoms with E-state index in [0.717, 1.165) is 35.0 Å². The van der Waals surface area contributed by atoms with Gasteiger partial charge in [0.05, 0.1) is 17.2 Å². The fourth-order valence-corrected chi connectivity index (χ4v) is 7.84. The molecule has 1 N–H and O–H groups in total. The van der Waals surface area contributed by atoms with E-state index in [9.17, 15) is 45.8 Å². The first kappa shape index (κ1) is 37.1.